The Balaban J connectivity index is 1.95. The van der Waals surface area contributed by atoms with E-state index in [-0.39, 0.29) is 11.9 Å². The van der Waals surface area contributed by atoms with Gasteiger partial charge in [-0.05, 0) is 25.5 Å². The fourth-order valence-corrected chi connectivity index (χ4v) is 2.22. The number of aryl methyl sites for hydroxylation is 1. The molecular formula is C14H17BrFN3O. The zero-order valence-corrected chi connectivity index (χ0v) is 13.1. The van der Waals surface area contributed by atoms with Crippen molar-refractivity contribution in [1.82, 2.24) is 15.5 Å². The Morgan fingerprint density at radius 3 is 2.95 bits per heavy atom. The van der Waals surface area contributed by atoms with E-state index < -0.39 is 0 Å². The van der Waals surface area contributed by atoms with E-state index in [1.807, 2.05) is 13.0 Å². The van der Waals surface area contributed by atoms with Crippen LogP contribution in [-0.2, 0) is 13.0 Å². The lowest BCUT2D eigenvalue weighted by Crippen LogP contribution is -2.19. The number of hydrogen-bond acceptors (Lipinski definition) is 4. The molecule has 2 aromatic rings. The third-order valence-electron chi connectivity index (χ3n) is 2.97. The van der Waals surface area contributed by atoms with Crippen LogP contribution in [-0.4, -0.2) is 10.1 Å². The summed E-state index contributed by atoms with van der Waals surface area (Å²) in [4.78, 5) is 4.26. The summed E-state index contributed by atoms with van der Waals surface area (Å²) in [6, 6.07) is 4.90. The number of rotatable bonds is 6. The van der Waals surface area contributed by atoms with E-state index in [2.05, 4.69) is 38.3 Å². The van der Waals surface area contributed by atoms with Gasteiger partial charge in [-0.3, -0.25) is 0 Å². The van der Waals surface area contributed by atoms with Crippen LogP contribution in [0.5, 0.6) is 0 Å². The van der Waals surface area contributed by atoms with Gasteiger partial charge in [-0.25, -0.2) is 4.39 Å². The minimum atomic E-state index is -0.239. The summed E-state index contributed by atoms with van der Waals surface area (Å²) in [5.41, 5.74) is 0.612. The Hall–Kier alpha value is -1.27. The summed E-state index contributed by atoms with van der Waals surface area (Å²) in [5.74, 6) is 1.00. The summed E-state index contributed by atoms with van der Waals surface area (Å²) in [5, 5.41) is 7.06. The fourth-order valence-electron chi connectivity index (χ4n) is 1.89. The number of nitrogens with one attached hydrogen (secondary N) is 1. The molecule has 6 heteroatoms. The van der Waals surface area contributed by atoms with Gasteiger partial charge in [0, 0.05) is 22.5 Å². The van der Waals surface area contributed by atoms with E-state index >= 15 is 0 Å². The van der Waals surface area contributed by atoms with E-state index in [0.29, 0.717) is 23.8 Å². The summed E-state index contributed by atoms with van der Waals surface area (Å²) >= 11 is 3.24. The van der Waals surface area contributed by atoms with E-state index in [0.717, 1.165) is 17.3 Å². The minimum absolute atomic E-state index is 0.135. The first-order valence-corrected chi connectivity index (χ1v) is 7.39. The number of hydrogen-bond donors (Lipinski definition) is 1. The van der Waals surface area contributed by atoms with Crippen molar-refractivity contribution in [2.24, 2.45) is 0 Å². The van der Waals surface area contributed by atoms with Gasteiger partial charge in [0.2, 0.25) is 5.89 Å². The topological polar surface area (TPSA) is 51.0 Å². The number of halogens is 2. The summed E-state index contributed by atoms with van der Waals surface area (Å²) < 4.78 is 19.7. The van der Waals surface area contributed by atoms with Crippen molar-refractivity contribution < 1.29 is 8.91 Å². The molecule has 4 nitrogen and oxygen atoms in total. The van der Waals surface area contributed by atoms with Gasteiger partial charge >= 0.3 is 0 Å². The van der Waals surface area contributed by atoms with Gasteiger partial charge in [-0.2, -0.15) is 4.98 Å². The maximum Gasteiger partial charge on any atom is 0.240 e. The highest BCUT2D eigenvalue weighted by atomic mass is 79.9. The second-order valence-electron chi connectivity index (χ2n) is 4.62. The average molecular weight is 342 g/mol. The summed E-state index contributed by atoms with van der Waals surface area (Å²) in [7, 11) is 0. The van der Waals surface area contributed by atoms with Crippen LogP contribution in [0.3, 0.4) is 0 Å². The Morgan fingerprint density at radius 1 is 1.45 bits per heavy atom. The lowest BCUT2D eigenvalue weighted by molar-refractivity contribution is 0.355. The molecule has 2 rings (SSSR count). The van der Waals surface area contributed by atoms with Crippen LogP contribution >= 0.6 is 15.9 Å². The SMILES string of the molecule is CCCc1noc(CN[C@@H](C)c2ccc(Br)cc2F)n1. The molecule has 20 heavy (non-hydrogen) atoms. The molecule has 0 saturated carbocycles. The highest BCUT2D eigenvalue weighted by Gasteiger charge is 2.12. The zero-order valence-electron chi connectivity index (χ0n) is 11.5. The van der Waals surface area contributed by atoms with Crippen LogP contribution in [0.1, 0.15) is 43.6 Å². The van der Waals surface area contributed by atoms with Gasteiger partial charge in [-0.15, -0.1) is 0 Å². The third kappa shape index (κ3) is 3.86. The quantitative estimate of drug-likeness (QED) is 0.868. The van der Waals surface area contributed by atoms with E-state index in [1.165, 1.54) is 6.07 Å². The molecule has 1 atom stereocenters. The normalized spacial score (nSPS) is 12.6. The highest BCUT2D eigenvalue weighted by molar-refractivity contribution is 9.10. The maximum atomic E-state index is 13.8. The lowest BCUT2D eigenvalue weighted by Gasteiger charge is -2.13. The first kappa shape index (κ1) is 15.1. The van der Waals surface area contributed by atoms with Crippen molar-refractivity contribution in [2.75, 3.05) is 0 Å². The van der Waals surface area contributed by atoms with Crippen LogP contribution in [0.25, 0.3) is 0 Å². The van der Waals surface area contributed by atoms with Crippen LogP contribution in [0.2, 0.25) is 0 Å². The fraction of sp³-hybridized carbons (Fsp3) is 0.429. The predicted molar refractivity (Wildman–Crippen MR) is 77.6 cm³/mol. The second kappa shape index (κ2) is 6.95. The van der Waals surface area contributed by atoms with Gasteiger partial charge in [0.25, 0.3) is 0 Å². The molecule has 0 radical (unpaired) electrons. The highest BCUT2D eigenvalue weighted by Crippen LogP contribution is 2.21. The van der Waals surface area contributed by atoms with Crippen molar-refractivity contribution >= 4 is 15.9 Å². The molecule has 0 aliphatic rings. The van der Waals surface area contributed by atoms with Crippen LogP contribution in [0, 0.1) is 5.82 Å². The van der Waals surface area contributed by atoms with E-state index in [4.69, 9.17) is 4.52 Å². The lowest BCUT2D eigenvalue weighted by atomic mass is 10.1. The third-order valence-corrected chi connectivity index (χ3v) is 3.47. The van der Waals surface area contributed by atoms with Gasteiger partial charge in [-0.1, -0.05) is 34.1 Å². The van der Waals surface area contributed by atoms with Crippen molar-refractivity contribution in [3.05, 3.63) is 45.8 Å². The monoisotopic (exact) mass is 341 g/mol. The van der Waals surface area contributed by atoms with Gasteiger partial charge < -0.3 is 9.84 Å². The summed E-state index contributed by atoms with van der Waals surface area (Å²) in [6.45, 7) is 4.38. The molecule has 0 aliphatic carbocycles. The Kier molecular flexibility index (Phi) is 5.25. The summed E-state index contributed by atoms with van der Waals surface area (Å²) in [6.07, 6.45) is 1.79. The van der Waals surface area contributed by atoms with Crippen LogP contribution in [0.15, 0.2) is 27.2 Å². The molecule has 0 unspecified atom stereocenters. The largest absolute Gasteiger partial charge is 0.338 e. The average Bonchev–Trinajstić information content (AvgIpc) is 2.84. The van der Waals surface area contributed by atoms with Crippen molar-refractivity contribution in [3.63, 3.8) is 0 Å². The molecule has 0 aliphatic heterocycles. The predicted octanol–water partition coefficient (Wildman–Crippen LogP) is 3.77. The zero-order chi connectivity index (χ0) is 14.5. The minimum Gasteiger partial charge on any atom is -0.338 e. The van der Waals surface area contributed by atoms with E-state index in [1.54, 1.807) is 6.07 Å². The molecule has 1 heterocycles. The van der Waals surface area contributed by atoms with Crippen molar-refractivity contribution in [1.29, 1.82) is 0 Å². The van der Waals surface area contributed by atoms with E-state index in [9.17, 15) is 4.39 Å². The molecule has 0 fully saturated rings. The van der Waals surface area contributed by atoms with Crippen molar-refractivity contribution in [2.45, 2.75) is 39.3 Å². The molecule has 0 amide bonds. The Labute approximate surface area is 125 Å². The molecule has 0 saturated heterocycles. The van der Waals surface area contributed by atoms with Gasteiger partial charge in [0.1, 0.15) is 5.82 Å². The molecule has 0 spiro atoms. The maximum absolute atomic E-state index is 13.8. The van der Waals surface area contributed by atoms with Crippen LogP contribution < -0.4 is 5.32 Å². The second-order valence-corrected chi connectivity index (χ2v) is 5.54. The molecule has 0 bridgehead atoms. The van der Waals surface area contributed by atoms with Crippen LogP contribution in [0.4, 0.5) is 4.39 Å². The van der Waals surface area contributed by atoms with Gasteiger partial charge in [0.15, 0.2) is 5.82 Å². The number of benzene rings is 1. The number of nitrogens with zero attached hydrogens (tertiary/aromatic N) is 2. The number of aromatic nitrogens is 2. The molecular weight excluding hydrogens is 325 g/mol. The molecule has 1 aromatic heterocycles. The standard InChI is InChI=1S/C14H17BrFN3O/c1-3-4-13-18-14(20-19-13)8-17-9(2)11-6-5-10(15)7-12(11)16/h5-7,9,17H,3-4,8H2,1-2H3/t9-/m0/s1. The first-order chi connectivity index (χ1) is 9.60. The Bertz CT molecular complexity index is 573. The first-order valence-electron chi connectivity index (χ1n) is 6.60. The Morgan fingerprint density at radius 2 is 2.25 bits per heavy atom. The smallest absolute Gasteiger partial charge is 0.240 e. The van der Waals surface area contributed by atoms with Gasteiger partial charge in [0.05, 0.1) is 6.54 Å². The molecule has 1 N–H and O–H groups in total. The van der Waals surface area contributed by atoms with Crippen molar-refractivity contribution in [3.8, 4) is 0 Å². The molecule has 108 valence electrons. The molecule has 1 aromatic carbocycles.